The molecule has 0 unspecified atom stereocenters. The molecule has 3 N–H and O–H groups in total. The van der Waals surface area contributed by atoms with E-state index in [0.717, 1.165) is 47.6 Å². The van der Waals surface area contributed by atoms with Crippen LogP contribution in [0.2, 0.25) is 0 Å². The molecule has 154 valence electrons. The summed E-state index contributed by atoms with van der Waals surface area (Å²) in [5.74, 6) is 1.27. The van der Waals surface area contributed by atoms with E-state index in [9.17, 15) is 9.90 Å². The van der Waals surface area contributed by atoms with Gasteiger partial charge in [0.25, 0.3) is 0 Å². The average molecular weight is 403 g/mol. The first-order valence-electron chi connectivity index (χ1n) is 10.3. The van der Waals surface area contributed by atoms with Crippen molar-refractivity contribution < 1.29 is 14.6 Å². The van der Waals surface area contributed by atoms with Crippen molar-refractivity contribution in [3.63, 3.8) is 0 Å². The van der Waals surface area contributed by atoms with Gasteiger partial charge in [0.2, 0.25) is 0 Å². The van der Waals surface area contributed by atoms with Gasteiger partial charge in [-0.3, -0.25) is 4.79 Å². The summed E-state index contributed by atoms with van der Waals surface area (Å²) in [6, 6.07) is 17.3. The van der Waals surface area contributed by atoms with Crippen LogP contribution in [0.3, 0.4) is 0 Å². The lowest BCUT2D eigenvalue weighted by Gasteiger charge is -2.27. The number of carboxylic acids is 1. The number of anilines is 1. The van der Waals surface area contributed by atoms with Crippen LogP contribution in [0, 0.1) is 11.8 Å². The summed E-state index contributed by atoms with van der Waals surface area (Å²) in [5, 5.41) is 9.37. The summed E-state index contributed by atoms with van der Waals surface area (Å²) in [6.07, 6.45) is 5.57. The highest BCUT2D eigenvalue weighted by Gasteiger charge is 2.28. The van der Waals surface area contributed by atoms with E-state index in [-0.39, 0.29) is 11.8 Å². The molecule has 0 amide bonds. The molecule has 0 saturated heterocycles. The number of nitrogen functional groups attached to an aromatic ring is 1. The maximum absolute atomic E-state index is 11.4. The number of nitrogens with two attached hydrogens (primary N) is 1. The smallest absolute Gasteiger partial charge is 0.306 e. The molecule has 1 aliphatic rings. The minimum absolute atomic E-state index is 0.263. The minimum atomic E-state index is -0.698. The van der Waals surface area contributed by atoms with Crippen LogP contribution in [0.5, 0.6) is 11.5 Å². The Hall–Kier alpha value is -3.41. The first kappa shape index (κ1) is 19.9. The molecule has 0 spiro atoms. The highest BCUT2D eigenvalue weighted by molar-refractivity contribution is 5.76. The van der Waals surface area contributed by atoms with Crippen LogP contribution >= 0.6 is 0 Å². The van der Waals surface area contributed by atoms with Gasteiger partial charge in [-0.25, -0.2) is 9.97 Å². The van der Waals surface area contributed by atoms with Gasteiger partial charge in [-0.05, 0) is 55.0 Å². The predicted octanol–water partition coefficient (Wildman–Crippen LogP) is 4.95. The molecule has 1 heterocycles. The number of nitrogens with zero attached hydrogens (tertiary/aromatic N) is 2. The van der Waals surface area contributed by atoms with Crippen molar-refractivity contribution in [1.29, 1.82) is 0 Å². The second-order valence-electron chi connectivity index (χ2n) is 7.79. The van der Waals surface area contributed by atoms with E-state index in [1.165, 1.54) is 6.33 Å². The molecule has 1 fully saturated rings. The van der Waals surface area contributed by atoms with Gasteiger partial charge in [0, 0.05) is 5.56 Å². The van der Waals surface area contributed by atoms with Crippen LogP contribution in [0.4, 0.5) is 5.82 Å². The highest BCUT2D eigenvalue weighted by Crippen LogP contribution is 2.35. The largest absolute Gasteiger partial charge is 0.481 e. The number of aromatic nitrogens is 2. The number of benzene rings is 2. The van der Waals surface area contributed by atoms with Crippen molar-refractivity contribution in [3.8, 4) is 22.6 Å². The van der Waals surface area contributed by atoms with Gasteiger partial charge in [-0.15, -0.1) is 0 Å². The normalized spacial score (nSPS) is 18.7. The fourth-order valence-electron chi connectivity index (χ4n) is 4.20. The molecule has 0 aliphatic heterocycles. The molecule has 0 bridgehead atoms. The standard InChI is InChI=1S/C24H25N3O3/c25-23-22(17-9-11-20(12-10-17)30-19-7-2-1-3-8-19)21(26-15-27-23)14-16-5-4-6-18(13-16)24(28)29/h1-3,7-12,15-16,18H,4-6,13-14H2,(H,28,29)(H2,25,26,27)/t16-,18+/m0/s1. The lowest BCUT2D eigenvalue weighted by molar-refractivity contribution is -0.143. The summed E-state index contributed by atoms with van der Waals surface area (Å²) >= 11 is 0. The van der Waals surface area contributed by atoms with Crippen molar-refractivity contribution in [3.05, 3.63) is 66.6 Å². The number of hydrogen-bond acceptors (Lipinski definition) is 5. The van der Waals surface area contributed by atoms with E-state index >= 15 is 0 Å². The predicted molar refractivity (Wildman–Crippen MR) is 115 cm³/mol. The molecule has 6 heteroatoms. The zero-order valence-corrected chi connectivity index (χ0v) is 16.7. The van der Waals surface area contributed by atoms with Crippen LogP contribution in [-0.2, 0) is 11.2 Å². The number of carboxylic acid groups (broad SMARTS) is 1. The van der Waals surface area contributed by atoms with Crippen molar-refractivity contribution in [2.45, 2.75) is 32.1 Å². The average Bonchev–Trinajstić information content (AvgIpc) is 2.76. The zero-order chi connectivity index (χ0) is 20.9. The van der Waals surface area contributed by atoms with Gasteiger partial charge in [-0.2, -0.15) is 0 Å². The number of rotatable bonds is 6. The Morgan fingerprint density at radius 1 is 1.03 bits per heavy atom. The summed E-state index contributed by atoms with van der Waals surface area (Å²) in [4.78, 5) is 20.1. The molecule has 30 heavy (non-hydrogen) atoms. The minimum Gasteiger partial charge on any atom is -0.481 e. The Bertz CT molecular complexity index is 1010. The van der Waals surface area contributed by atoms with E-state index in [1.54, 1.807) is 0 Å². The highest BCUT2D eigenvalue weighted by atomic mass is 16.5. The van der Waals surface area contributed by atoms with E-state index in [4.69, 9.17) is 10.5 Å². The number of aliphatic carboxylic acids is 1. The van der Waals surface area contributed by atoms with Crippen molar-refractivity contribution in [2.24, 2.45) is 11.8 Å². The Morgan fingerprint density at radius 2 is 1.77 bits per heavy atom. The maximum atomic E-state index is 11.4. The third-order valence-corrected chi connectivity index (χ3v) is 5.69. The van der Waals surface area contributed by atoms with Crippen LogP contribution in [-0.4, -0.2) is 21.0 Å². The van der Waals surface area contributed by atoms with Crippen LogP contribution in [0.15, 0.2) is 60.9 Å². The first-order chi connectivity index (χ1) is 14.6. The Morgan fingerprint density at radius 3 is 2.50 bits per heavy atom. The zero-order valence-electron chi connectivity index (χ0n) is 16.7. The molecule has 2 atom stereocenters. The number of ether oxygens (including phenoxy) is 1. The van der Waals surface area contributed by atoms with Crippen LogP contribution in [0.25, 0.3) is 11.1 Å². The van der Waals surface area contributed by atoms with Gasteiger partial charge in [0.15, 0.2) is 0 Å². The Labute approximate surface area is 175 Å². The first-order valence-corrected chi connectivity index (χ1v) is 10.3. The number of para-hydroxylation sites is 1. The topological polar surface area (TPSA) is 98.3 Å². The molecule has 1 aromatic heterocycles. The lowest BCUT2D eigenvalue weighted by Crippen LogP contribution is -2.24. The quantitative estimate of drug-likeness (QED) is 0.604. The molecule has 3 aromatic rings. The van der Waals surface area contributed by atoms with Crippen LogP contribution in [0.1, 0.15) is 31.4 Å². The fourth-order valence-corrected chi connectivity index (χ4v) is 4.20. The van der Waals surface area contributed by atoms with Crippen molar-refractivity contribution >= 4 is 11.8 Å². The Balaban J connectivity index is 1.55. The molecular weight excluding hydrogens is 378 g/mol. The summed E-state index contributed by atoms with van der Waals surface area (Å²) in [6.45, 7) is 0. The van der Waals surface area contributed by atoms with E-state index < -0.39 is 5.97 Å². The van der Waals surface area contributed by atoms with Gasteiger partial charge in [0.05, 0.1) is 11.6 Å². The number of hydrogen-bond donors (Lipinski definition) is 2. The fraction of sp³-hybridized carbons (Fsp3) is 0.292. The maximum Gasteiger partial charge on any atom is 0.306 e. The molecule has 6 nitrogen and oxygen atoms in total. The van der Waals surface area contributed by atoms with E-state index in [2.05, 4.69) is 9.97 Å². The molecule has 0 radical (unpaired) electrons. The Kier molecular flexibility index (Phi) is 5.93. The summed E-state index contributed by atoms with van der Waals surface area (Å²) in [5.41, 5.74) is 8.84. The summed E-state index contributed by atoms with van der Waals surface area (Å²) < 4.78 is 5.87. The van der Waals surface area contributed by atoms with Crippen molar-refractivity contribution in [1.82, 2.24) is 9.97 Å². The van der Waals surface area contributed by atoms with Gasteiger partial charge in [-0.1, -0.05) is 43.2 Å². The third-order valence-electron chi connectivity index (χ3n) is 5.69. The van der Waals surface area contributed by atoms with Crippen molar-refractivity contribution in [2.75, 3.05) is 5.73 Å². The molecule has 1 saturated carbocycles. The van der Waals surface area contributed by atoms with E-state index in [0.29, 0.717) is 18.7 Å². The lowest BCUT2D eigenvalue weighted by atomic mass is 9.78. The summed E-state index contributed by atoms with van der Waals surface area (Å²) in [7, 11) is 0. The van der Waals surface area contributed by atoms with Gasteiger partial charge >= 0.3 is 5.97 Å². The van der Waals surface area contributed by atoms with Crippen LogP contribution < -0.4 is 10.5 Å². The molecule has 1 aliphatic carbocycles. The van der Waals surface area contributed by atoms with Gasteiger partial charge in [0.1, 0.15) is 23.6 Å². The SMILES string of the molecule is Nc1ncnc(C[C@H]2CCC[C@@H](C(=O)O)C2)c1-c1ccc(Oc2ccccc2)cc1. The van der Waals surface area contributed by atoms with Gasteiger partial charge < -0.3 is 15.6 Å². The third kappa shape index (κ3) is 4.59. The monoisotopic (exact) mass is 403 g/mol. The molecular formula is C24H25N3O3. The second kappa shape index (κ2) is 8.95. The van der Waals surface area contributed by atoms with E-state index in [1.807, 2.05) is 54.6 Å². The molecule has 2 aromatic carbocycles. The number of carbonyl (C=O) groups is 1. The molecule has 4 rings (SSSR count). The second-order valence-corrected chi connectivity index (χ2v) is 7.79.